The normalized spacial score (nSPS) is 22.2. The van der Waals surface area contributed by atoms with Crippen LogP contribution >= 0.6 is 0 Å². The van der Waals surface area contributed by atoms with Crippen LogP contribution in [0.2, 0.25) is 0 Å². The van der Waals surface area contributed by atoms with Gasteiger partial charge in [0.05, 0.1) is 13.2 Å². The molecule has 1 atom stereocenters. The van der Waals surface area contributed by atoms with Crippen LogP contribution in [0.3, 0.4) is 0 Å². The van der Waals surface area contributed by atoms with E-state index >= 15 is 0 Å². The lowest BCUT2D eigenvalue weighted by atomic mass is 10.1. The zero-order valence-corrected chi connectivity index (χ0v) is 14.2. The Morgan fingerprint density at radius 2 is 1.91 bits per heavy atom. The molecule has 2 fully saturated rings. The summed E-state index contributed by atoms with van der Waals surface area (Å²) in [4.78, 5) is 0. The highest BCUT2D eigenvalue weighted by atomic mass is 16.5. The average molecular weight is 319 g/mol. The Balaban J connectivity index is 1.53. The summed E-state index contributed by atoms with van der Waals surface area (Å²) in [6.07, 6.45) is 9.04. The fourth-order valence-corrected chi connectivity index (χ4v) is 3.45. The summed E-state index contributed by atoms with van der Waals surface area (Å²) in [6, 6.07) is 6.91. The second-order valence-corrected chi connectivity index (χ2v) is 6.65. The maximum Gasteiger partial charge on any atom is 0.161 e. The third kappa shape index (κ3) is 4.85. The Hall–Kier alpha value is -1.26. The van der Waals surface area contributed by atoms with Gasteiger partial charge in [0.2, 0.25) is 0 Å². The van der Waals surface area contributed by atoms with Gasteiger partial charge < -0.3 is 19.5 Å². The zero-order valence-electron chi connectivity index (χ0n) is 14.2. The largest absolute Gasteiger partial charge is 0.493 e. The molecular weight excluding hydrogens is 290 g/mol. The molecule has 0 spiro atoms. The first-order valence-electron chi connectivity index (χ1n) is 9.00. The van der Waals surface area contributed by atoms with Crippen LogP contribution in [0.4, 0.5) is 0 Å². The second-order valence-electron chi connectivity index (χ2n) is 6.65. The van der Waals surface area contributed by atoms with Crippen LogP contribution in [-0.4, -0.2) is 32.5 Å². The van der Waals surface area contributed by atoms with Crippen molar-refractivity contribution in [1.29, 1.82) is 0 Å². The predicted molar refractivity (Wildman–Crippen MR) is 91.2 cm³/mol. The predicted octanol–water partition coefficient (Wildman–Crippen LogP) is 3.68. The molecule has 4 heteroatoms. The molecule has 1 aliphatic carbocycles. The minimum absolute atomic E-state index is 0.220. The monoisotopic (exact) mass is 319 g/mol. The van der Waals surface area contributed by atoms with E-state index in [1.165, 1.54) is 44.1 Å². The third-order valence-electron chi connectivity index (χ3n) is 4.88. The topological polar surface area (TPSA) is 39.7 Å². The van der Waals surface area contributed by atoms with Crippen molar-refractivity contribution in [3.05, 3.63) is 23.8 Å². The smallest absolute Gasteiger partial charge is 0.161 e. The van der Waals surface area contributed by atoms with Crippen LogP contribution in [0.25, 0.3) is 0 Å². The summed E-state index contributed by atoms with van der Waals surface area (Å²) in [6.45, 7) is 2.36. The fourth-order valence-electron chi connectivity index (χ4n) is 3.45. The lowest BCUT2D eigenvalue weighted by Gasteiger charge is -2.23. The van der Waals surface area contributed by atoms with Gasteiger partial charge >= 0.3 is 0 Å². The first-order chi connectivity index (χ1) is 11.3. The van der Waals surface area contributed by atoms with Gasteiger partial charge in [0.1, 0.15) is 6.61 Å². The molecule has 0 radical (unpaired) electrons. The van der Waals surface area contributed by atoms with Crippen molar-refractivity contribution in [2.45, 2.75) is 63.6 Å². The first-order valence-corrected chi connectivity index (χ1v) is 9.00. The van der Waals surface area contributed by atoms with Crippen molar-refractivity contribution in [3.8, 4) is 11.5 Å². The molecule has 1 aliphatic heterocycles. The van der Waals surface area contributed by atoms with Crippen molar-refractivity contribution < 1.29 is 14.2 Å². The van der Waals surface area contributed by atoms with Crippen LogP contribution in [0.15, 0.2) is 18.2 Å². The molecule has 0 aromatic heterocycles. The summed E-state index contributed by atoms with van der Waals surface area (Å²) < 4.78 is 17.2. The Bertz CT molecular complexity index is 480. The van der Waals surface area contributed by atoms with E-state index < -0.39 is 0 Å². The van der Waals surface area contributed by atoms with Gasteiger partial charge in [0.15, 0.2) is 11.5 Å². The summed E-state index contributed by atoms with van der Waals surface area (Å²) >= 11 is 0. The Labute approximate surface area is 139 Å². The van der Waals surface area contributed by atoms with Crippen LogP contribution in [-0.2, 0) is 11.3 Å². The quantitative estimate of drug-likeness (QED) is 0.832. The number of ether oxygens (including phenoxy) is 3. The number of nitrogens with one attached hydrogen (secondary N) is 1. The average Bonchev–Trinajstić information content (AvgIpc) is 3.13. The van der Waals surface area contributed by atoms with E-state index in [9.17, 15) is 0 Å². The first kappa shape index (κ1) is 16.6. The van der Waals surface area contributed by atoms with E-state index in [2.05, 4.69) is 17.4 Å². The van der Waals surface area contributed by atoms with E-state index in [0.29, 0.717) is 12.6 Å². The van der Waals surface area contributed by atoms with E-state index in [0.717, 1.165) is 31.1 Å². The van der Waals surface area contributed by atoms with E-state index in [1.807, 2.05) is 6.07 Å². The lowest BCUT2D eigenvalue weighted by Crippen LogP contribution is -2.26. The maximum atomic E-state index is 5.93. The molecule has 1 unspecified atom stereocenters. The van der Waals surface area contributed by atoms with Gasteiger partial charge in [-0.15, -0.1) is 0 Å². The van der Waals surface area contributed by atoms with E-state index in [-0.39, 0.29) is 6.10 Å². The van der Waals surface area contributed by atoms with Crippen LogP contribution in [0.1, 0.15) is 50.5 Å². The van der Waals surface area contributed by atoms with Crippen molar-refractivity contribution in [2.24, 2.45) is 0 Å². The molecule has 4 nitrogen and oxygen atoms in total. The van der Waals surface area contributed by atoms with Crippen molar-refractivity contribution in [1.82, 2.24) is 5.32 Å². The van der Waals surface area contributed by atoms with E-state index in [4.69, 9.17) is 14.2 Å². The molecule has 0 amide bonds. The SMILES string of the molecule is COc1cc(CNC2CCCC2)ccc1OCC1CCCCO1. The van der Waals surface area contributed by atoms with Gasteiger partial charge in [-0.05, 0) is 49.8 Å². The minimum Gasteiger partial charge on any atom is -0.493 e. The van der Waals surface area contributed by atoms with Gasteiger partial charge in [-0.25, -0.2) is 0 Å². The summed E-state index contributed by atoms with van der Waals surface area (Å²) in [5.41, 5.74) is 1.25. The highest BCUT2D eigenvalue weighted by Crippen LogP contribution is 2.29. The van der Waals surface area contributed by atoms with Crippen molar-refractivity contribution in [3.63, 3.8) is 0 Å². The Morgan fingerprint density at radius 1 is 1.09 bits per heavy atom. The van der Waals surface area contributed by atoms with Gasteiger partial charge in [0.25, 0.3) is 0 Å². The number of methoxy groups -OCH3 is 1. The molecule has 1 N–H and O–H groups in total. The zero-order chi connectivity index (χ0) is 15.9. The van der Waals surface area contributed by atoms with Gasteiger partial charge in [-0.2, -0.15) is 0 Å². The van der Waals surface area contributed by atoms with Crippen LogP contribution < -0.4 is 14.8 Å². The molecule has 1 saturated heterocycles. The van der Waals surface area contributed by atoms with E-state index in [1.54, 1.807) is 7.11 Å². The van der Waals surface area contributed by atoms with Gasteiger partial charge in [0, 0.05) is 19.2 Å². The Kier molecular flexibility index (Phi) is 6.17. The van der Waals surface area contributed by atoms with Crippen LogP contribution in [0, 0.1) is 0 Å². The number of benzene rings is 1. The molecule has 1 aromatic rings. The maximum absolute atomic E-state index is 5.93. The fraction of sp³-hybridized carbons (Fsp3) is 0.684. The van der Waals surface area contributed by atoms with Gasteiger partial charge in [-0.1, -0.05) is 18.9 Å². The highest BCUT2D eigenvalue weighted by Gasteiger charge is 2.17. The molecule has 0 bridgehead atoms. The molecule has 1 saturated carbocycles. The van der Waals surface area contributed by atoms with Crippen molar-refractivity contribution >= 4 is 0 Å². The molecule has 2 aliphatic rings. The molecule has 23 heavy (non-hydrogen) atoms. The summed E-state index contributed by atoms with van der Waals surface area (Å²) in [5.74, 6) is 1.62. The van der Waals surface area contributed by atoms with Crippen LogP contribution in [0.5, 0.6) is 11.5 Å². The minimum atomic E-state index is 0.220. The standard InChI is InChI=1S/C19H29NO3/c1-21-19-12-15(13-20-16-6-2-3-7-16)9-10-18(19)23-14-17-8-4-5-11-22-17/h9-10,12,16-17,20H,2-8,11,13-14H2,1H3. The van der Waals surface area contributed by atoms with Crippen molar-refractivity contribution in [2.75, 3.05) is 20.3 Å². The number of hydrogen-bond donors (Lipinski definition) is 1. The molecule has 1 heterocycles. The van der Waals surface area contributed by atoms with Gasteiger partial charge in [-0.3, -0.25) is 0 Å². The molecule has 1 aromatic carbocycles. The highest BCUT2D eigenvalue weighted by molar-refractivity contribution is 5.43. The summed E-state index contributed by atoms with van der Waals surface area (Å²) in [5, 5.41) is 3.64. The molecule has 128 valence electrons. The number of hydrogen-bond acceptors (Lipinski definition) is 4. The number of rotatable bonds is 7. The third-order valence-corrected chi connectivity index (χ3v) is 4.88. The molecule has 3 rings (SSSR count). The summed E-state index contributed by atoms with van der Waals surface area (Å²) in [7, 11) is 1.70. The Morgan fingerprint density at radius 3 is 2.65 bits per heavy atom. The molecular formula is C19H29NO3. The second kappa shape index (κ2) is 8.55. The lowest BCUT2D eigenvalue weighted by molar-refractivity contribution is -0.0114.